The molecule has 3 rings (SSSR count). The van der Waals surface area contributed by atoms with Crippen molar-refractivity contribution in [2.45, 2.75) is 6.54 Å². The molecule has 106 valence electrons. The van der Waals surface area contributed by atoms with Gasteiger partial charge in [-0.3, -0.25) is 0 Å². The minimum atomic E-state index is -0.370. The average Bonchev–Trinajstić information content (AvgIpc) is 3.03. The highest BCUT2D eigenvalue weighted by Gasteiger charge is 2.06. The van der Waals surface area contributed by atoms with Gasteiger partial charge in [-0.2, -0.15) is 5.10 Å². The van der Waals surface area contributed by atoms with Gasteiger partial charge in [0.25, 0.3) is 0 Å². The topological polar surface area (TPSA) is 50.1 Å². The van der Waals surface area contributed by atoms with Crippen LogP contribution in [0.5, 0.6) is 5.75 Å². The largest absolute Gasteiger partial charge is 0.508 e. The number of anilines is 1. The number of hydrogen-bond donors (Lipinski definition) is 2. The number of phenolic OH excluding ortho intramolecular Hbond substituents is 1. The van der Waals surface area contributed by atoms with E-state index in [1.54, 1.807) is 10.9 Å². The average molecular weight is 283 g/mol. The second-order valence-electron chi connectivity index (χ2n) is 4.59. The Morgan fingerprint density at radius 1 is 1.14 bits per heavy atom. The summed E-state index contributed by atoms with van der Waals surface area (Å²) < 4.78 is 15.0. The third-order valence-corrected chi connectivity index (χ3v) is 3.17. The highest BCUT2D eigenvalue weighted by molar-refractivity contribution is 5.60. The molecule has 0 amide bonds. The molecular weight excluding hydrogens is 269 g/mol. The first-order chi connectivity index (χ1) is 10.2. The Balaban J connectivity index is 1.84. The van der Waals surface area contributed by atoms with Gasteiger partial charge in [0.2, 0.25) is 0 Å². The van der Waals surface area contributed by atoms with Crippen LogP contribution in [-0.2, 0) is 6.54 Å². The molecule has 0 bridgehead atoms. The molecule has 1 aromatic heterocycles. The Kier molecular flexibility index (Phi) is 3.55. The quantitative estimate of drug-likeness (QED) is 0.772. The maximum Gasteiger partial charge on any atom is 0.123 e. The zero-order valence-electron chi connectivity index (χ0n) is 11.2. The van der Waals surface area contributed by atoms with Crippen molar-refractivity contribution in [2.75, 3.05) is 5.32 Å². The predicted molar refractivity (Wildman–Crippen MR) is 79.0 cm³/mol. The van der Waals surface area contributed by atoms with Crippen LogP contribution in [0.3, 0.4) is 0 Å². The first-order valence-electron chi connectivity index (χ1n) is 6.54. The smallest absolute Gasteiger partial charge is 0.123 e. The molecule has 3 aromatic rings. The van der Waals surface area contributed by atoms with Gasteiger partial charge in [0, 0.05) is 24.5 Å². The molecule has 0 atom stereocenters. The van der Waals surface area contributed by atoms with Gasteiger partial charge in [0.1, 0.15) is 11.6 Å². The van der Waals surface area contributed by atoms with E-state index in [1.807, 2.05) is 36.5 Å². The van der Waals surface area contributed by atoms with Gasteiger partial charge in [0.15, 0.2) is 0 Å². The number of phenols is 1. The van der Waals surface area contributed by atoms with E-state index in [-0.39, 0.29) is 11.6 Å². The molecule has 2 aromatic carbocycles. The van der Waals surface area contributed by atoms with Crippen LogP contribution in [0.25, 0.3) is 5.69 Å². The molecular formula is C16H14FN3O. The van der Waals surface area contributed by atoms with Crippen LogP contribution in [0.4, 0.5) is 10.1 Å². The van der Waals surface area contributed by atoms with E-state index >= 15 is 0 Å². The summed E-state index contributed by atoms with van der Waals surface area (Å²) in [7, 11) is 0. The molecule has 21 heavy (non-hydrogen) atoms. The Labute approximate surface area is 121 Å². The molecule has 0 radical (unpaired) electrons. The van der Waals surface area contributed by atoms with E-state index in [1.165, 1.54) is 18.2 Å². The number of rotatable bonds is 4. The molecule has 0 fully saturated rings. The van der Waals surface area contributed by atoms with E-state index in [0.29, 0.717) is 12.1 Å². The van der Waals surface area contributed by atoms with Gasteiger partial charge in [-0.1, -0.05) is 12.1 Å². The fraction of sp³-hybridized carbons (Fsp3) is 0.0625. The summed E-state index contributed by atoms with van der Waals surface area (Å²) in [6.07, 6.45) is 3.55. The number of nitrogens with zero attached hydrogens (tertiary/aromatic N) is 2. The minimum Gasteiger partial charge on any atom is -0.508 e. The molecule has 4 nitrogen and oxygen atoms in total. The summed E-state index contributed by atoms with van der Waals surface area (Å²) in [4.78, 5) is 0. The first-order valence-corrected chi connectivity index (χ1v) is 6.54. The molecule has 0 aliphatic rings. The van der Waals surface area contributed by atoms with Gasteiger partial charge in [-0.15, -0.1) is 0 Å². The molecule has 0 saturated heterocycles. The molecule has 5 heteroatoms. The number of aromatic nitrogens is 2. The van der Waals surface area contributed by atoms with Crippen LogP contribution in [-0.4, -0.2) is 14.9 Å². The molecule has 0 spiro atoms. The number of halogens is 1. The lowest BCUT2D eigenvalue weighted by molar-refractivity contribution is 0.466. The number of aromatic hydroxyl groups is 1. The summed E-state index contributed by atoms with van der Waals surface area (Å²) in [6.45, 7) is 0.321. The van der Waals surface area contributed by atoms with Gasteiger partial charge in [-0.05, 0) is 36.4 Å². The van der Waals surface area contributed by atoms with E-state index < -0.39 is 0 Å². The fourth-order valence-electron chi connectivity index (χ4n) is 2.12. The van der Waals surface area contributed by atoms with E-state index in [2.05, 4.69) is 10.4 Å². The predicted octanol–water partition coefficient (Wildman–Crippen LogP) is 3.33. The number of benzene rings is 2. The van der Waals surface area contributed by atoms with Crippen LogP contribution >= 0.6 is 0 Å². The van der Waals surface area contributed by atoms with Gasteiger partial charge < -0.3 is 10.4 Å². The first kappa shape index (κ1) is 13.2. The lowest BCUT2D eigenvalue weighted by atomic mass is 10.2. The molecule has 0 unspecified atom stereocenters. The van der Waals surface area contributed by atoms with Crippen molar-refractivity contribution >= 4 is 5.69 Å². The third-order valence-electron chi connectivity index (χ3n) is 3.17. The van der Waals surface area contributed by atoms with Crippen LogP contribution in [0.2, 0.25) is 0 Å². The fourth-order valence-corrected chi connectivity index (χ4v) is 2.12. The lowest BCUT2D eigenvalue weighted by Gasteiger charge is -2.12. The van der Waals surface area contributed by atoms with Gasteiger partial charge in [0.05, 0.1) is 11.4 Å². The van der Waals surface area contributed by atoms with Gasteiger partial charge in [-0.25, -0.2) is 9.07 Å². The van der Waals surface area contributed by atoms with Crippen molar-refractivity contribution in [1.29, 1.82) is 0 Å². The summed E-state index contributed by atoms with van der Waals surface area (Å²) >= 11 is 0. The second kappa shape index (κ2) is 5.66. The summed E-state index contributed by atoms with van der Waals surface area (Å²) in [5.74, 6) is -0.301. The van der Waals surface area contributed by atoms with E-state index in [4.69, 9.17) is 0 Å². The molecule has 1 heterocycles. The van der Waals surface area contributed by atoms with Crippen LogP contribution in [0.15, 0.2) is 60.9 Å². The molecule has 0 aliphatic heterocycles. The number of para-hydroxylation sites is 2. The van der Waals surface area contributed by atoms with E-state index in [9.17, 15) is 9.50 Å². The van der Waals surface area contributed by atoms with E-state index in [0.717, 1.165) is 11.4 Å². The maximum atomic E-state index is 13.2. The van der Waals surface area contributed by atoms with Crippen LogP contribution in [0.1, 0.15) is 5.56 Å². The zero-order chi connectivity index (χ0) is 14.7. The molecule has 0 aliphatic carbocycles. The Morgan fingerprint density at radius 3 is 2.81 bits per heavy atom. The van der Waals surface area contributed by atoms with Crippen molar-refractivity contribution < 1.29 is 9.50 Å². The lowest BCUT2D eigenvalue weighted by Crippen LogP contribution is -2.05. The van der Waals surface area contributed by atoms with Crippen LogP contribution < -0.4 is 5.32 Å². The minimum absolute atomic E-state index is 0.0699. The zero-order valence-corrected chi connectivity index (χ0v) is 11.2. The van der Waals surface area contributed by atoms with Gasteiger partial charge >= 0.3 is 0 Å². The monoisotopic (exact) mass is 283 g/mol. The normalized spacial score (nSPS) is 10.5. The van der Waals surface area contributed by atoms with Crippen molar-refractivity contribution in [3.63, 3.8) is 0 Å². The SMILES string of the molecule is Oc1ccc(F)cc1CNc1ccccc1-n1cccn1. The number of nitrogens with one attached hydrogen (secondary N) is 1. The standard InChI is InChI=1S/C16H14FN3O/c17-13-6-7-16(21)12(10-13)11-18-14-4-1-2-5-15(14)20-9-3-8-19-20/h1-10,18,21H,11H2. The maximum absolute atomic E-state index is 13.2. The highest BCUT2D eigenvalue weighted by atomic mass is 19.1. The van der Waals surface area contributed by atoms with Crippen LogP contribution in [0, 0.1) is 5.82 Å². The van der Waals surface area contributed by atoms with Crippen molar-refractivity contribution in [2.24, 2.45) is 0 Å². The summed E-state index contributed by atoms with van der Waals surface area (Å²) in [6, 6.07) is 13.4. The van der Waals surface area contributed by atoms with Crippen molar-refractivity contribution in [3.8, 4) is 11.4 Å². The summed E-state index contributed by atoms with van der Waals surface area (Å²) in [5.41, 5.74) is 2.24. The Bertz CT molecular complexity index is 741. The second-order valence-corrected chi connectivity index (χ2v) is 4.59. The molecule has 2 N–H and O–H groups in total. The van der Waals surface area contributed by atoms with Crippen molar-refractivity contribution in [3.05, 3.63) is 72.3 Å². The summed E-state index contributed by atoms with van der Waals surface area (Å²) in [5, 5.41) is 17.1. The number of hydrogen-bond acceptors (Lipinski definition) is 3. The highest BCUT2D eigenvalue weighted by Crippen LogP contribution is 2.23. The third kappa shape index (κ3) is 2.86. The molecule has 0 saturated carbocycles. The van der Waals surface area contributed by atoms with Crippen molar-refractivity contribution in [1.82, 2.24) is 9.78 Å². The Hall–Kier alpha value is -2.82. The Morgan fingerprint density at radius 2 is 2.00 bits per heavy atom.